The van der Waals surface area contributed by atoms with Crippen molar-refractivity contribution in [3.8, 4) is 0 Å². The highest BCUT2D eigenvalue weighted by molar-refractivity contribution is 5.91. The molecule has 0 unspecified atom stereocenters. The number of aromatic nitrogens is 1. The molecule has 1 saturated heterocycles. The molecule has 186 valence electrons. The summed E-state index contributed by atoms with van der Waals surface area (Å²) in [6.07, 6.45) is 10.5. The summed E-state index contributed by atoms with van der Waals surface area (Å²) < 4.78 is 19.6. The predicted octanol–water partition coefficient (Wildman–Crippen LogP) is 5.26. The van der Waals surface area contributed by atoms with Crippen LogP contribution in [0, 0.1) is 5.82 Å². The molecule has 3 rings (SSSR count). The van der Waals surface area contributed by atoms with Gasteiger partial charge in [0.15, 0.2) is 5.69 Å². The van der Waals surface area contributed by atoms with Gasteiger partial charge in [-0.05, 0) is 55.5 Å². The maximum Gasteiger partial charge on any atom is 0.303 e. The van der Waals surface area contributed by atoms with Crippen molar-refractivity contribution < 1.29 is 23.5 Å². The van der Waals surface area contributed by atoms with Crippen molar-refractivity contribution in [3.05, 3.63) is 53.0 Å². The normalized spacial score (nSPS) is 16.1. The lowest BCUT2D eigenvalue weighted by Crippen LogP contribution is -2.26. The lowest BCUT2D eigenvalue weighted by Gasteiger charge is -2.23. The molecular formula is C26H36FN3O4. The zero-order chi connectivity index (χ0) is 24.3. The minimum Gasteiger partial charge on any atom is -0.481 e. The van der Waals surface area contributed by atoms with Gasteiger partial charge in [-0.15, -0.1) is 0 Å². The van der Waals surface area contributed by atoms with E-state index in [1.807, 2.05) is 0 Å². The van der Waals surface area contributed by atoms with Crippen LogP contribution in [0.5, 0.6) is 0 Å². The summed E-state index contributed by atoms with van der Waals surface area (Å²) in [7, 11) is 0. The molecule has 1 aromatic heterocycles. The molecule has 0 spiro atoms. The summed E-state index contributed by atoms with van der Waals surface area (Å²) in [6.45, 7) is 4.08. The first-order valence-corrected chi connectivity index (χ1v) is 12.4. The largest absolute Gasteiger partial charge is 0.481 e. The van der Waals surface area contributed by atoms with E-state index in [1.165, 1.54) is 44.1 Å². The van der Waals surface area contributed by atoms with Gasteiger partial charge < -0.3 is 14.8 Å². The van der Waals surface area contributed by atoms with Crippen LogP contribution in [-0.4, -0.2) is 40.0 Å². The molecule has 2 heterocycles. The highest BCUT2D eigenvalue weighted by Gasteiger charge is 2.31. The number of hydrogen-bond donors (Lipinski definition) is 2. The number of aryl methyl sites for hydroxylation is 1. The molecule has 0 radical (unpaired) electrons. The van der Waals surface area contributed by atoms with Crippen molar-refractivity contribution in [1.29, 1.82) is 0 Å². The van der Waals surface area contributed by atoms with Crippen molar-refractivity contribution >= 4 is 11.9 Å². The van der Waals surface area contributed by atoms with Crippen LogP contribution in [0.4, 0.5) is 4.39 Å². The zero-order valence-corrected chi connectivity index (χ0v) is 20.0. The van der Waals surface area contributed by atoms with Crippen LogP contribution in [0.3, 0.4) is 0 Å². The molecule has 1 amide bonds. The number of unbranched alkanes of at least 4 members (excludes halogenated alkanes) is 5. The van der Waals surface area contributed by atoms with Crippen molar-refractivity contribution in [2.24, 2.45) is 0 Å². The highest BCUT2D eigenvalue weighted by atomic mass is 19.1. The molecule has 34 heavy (non-hydrogen) atoms. The van der Waals surface area contributed by atoms with Gasteiger partial charge in [-0.25, -0.2) is 9.37 Å². The van der Waals surface area contributed by atoms with Gasteiger partial charge in [0.25, 0.3) is 5.91 Å². The number of likely N-dealkylation sites (tertiary alicyclic amines) is 1. The fraction of sp³-hybridized carbons (Fsp3) is 0.577. The number of nitrogens with one attached hydrogen (secondary N) is 1. The lowest BCUT2D eigenvalue weighted by molar-refractivity contribution is -0.136. The highest BCUT2D eigenvalue weighted by Crippen LogP contribution is 2.33. The number of carbonyl (C=O) groups is 2. The van der Waals surface area contributed by atoms with E-state index in [9.17, 15) is 14.0 Å². The molecule has 7 nitrogen and oxygen atoms in total. The number of halogens is 1. The van der Waals surface area contributed by atoms with Gasteiger partial charge in [-0.2, -0.15) is 0 Å². The van der Waals surface area contributed by atoms with E-state index in [1.54, 1.807) is 6.07 Å². The topological polar surface area (TPSA) is 95.7 Å². The summed E-state index contributed by atoms with van der Waals surface area (Å²) in [4.78, 5) is 30.0. The van der Waals surface area contributed by atoms with Gasteiger partial charge in [0.2, 0.25) is 5.89 Å². The molecule has 0 saturated carbocycles. The molecule has 2 aromatic rings. The average molecular weight is 474 g/mol. The van der Waals surface area contributed by atoms with Gasteiger partial charge in [0.05, 0.1) is 6.04 Å². The summed E-state index contributed by atoms with van der Waals surface area (Å²) >= 11 is 0. The second-order valence-electron chi connectivity index (χ2n) is 9.03. The quantitative estimate of drug-likeness (QED) is 0.364. The SMILES string of the molecule is CCCCCCCCNC(=O)c1coc([C@H]2CCCN2Cc2cc(F)ccc2CCC(=O)O)n1. The summed E-state index contributed by atoms with van der Waals surface area (Å²) in [5, 5.41) is 11.9. The van der Waals surface area contributed by atoms with E-state index in [0.717, 1.165) is 43.4 Å². The fourth-order valence-corrected chi connectivity index (χ4v) is 4.48. The molecule has 2 N–H and O–H groups in total. The maximum absolute atomic E-state index is 13.9. The smallest absolute Gasteiger partial charge is 0.303 e. The second kappa shape index (κ2) is 13.2. The van der Waals surface area contributed by atoms with Crippen LogP contribution in [-0.2, 0) is 17.8 Å². The molecule has 1 aliphatic rings. The molecule has 0 aliphatic carbocycles. The number of amides is 1. The van der Waals surface area contributed by atoms with E-state index in [-0.39, 0.29) is 29.9 Å². The molecule has 1 aliphatic heterocycles. The molecule has 1 aromatic carbocycles. The van der Waals surface area contributed by atoms with Crippen molar-refractivity contribution in [2.45, 2.75) is 83.7 Å². The summed E-state index contributed by atoms with van der Waals surface area (Å²) in [6, 6.07) is 4.40. The van der Waals surface area contributed by atoms with Crippen molar-refractivity contribution in [1.82, 2.24) is 15.2 Å². The number of aliphatic carboxylic acids is 1. The third kappa shape index (κ3) is 7.65. The Morgan fingerprint density at radius 3 is 2.79 bits per heavy atom. The third-order valence-corrected chi connectivity index (χ3v) is 6.37. The van der Waals surface area contributed by atoms with E-state index in [4.69, 9.17) is 9.52 Å². The lowest BCUT2D eigenvalue weighted by atomic mass is 10.0. The number of oxazole rings is 1. The van der Waals surface area contributed by atoms with Gasteiger partial charge in [-0.1, -0.05) is 45.1 Å². The van der Waals surface area contributed by atoms with Gasteiger partial charge >= 0.3 is 5.97 Å². The molecule has 0 bridgehead atoms. The number of hydrogen-bond acceptors (Lipinski definition) is 5. The number of carboxylic acid groups (broad SMARTS) is 1. The summed E-state index contributed by atoms with van der Waals surface area (Å²) in [5.41, 5.74) is 1.88. The first-order valence-electron chi connectivity index (χ1n) is 12.4. The zero-order valence-electron chi connectivity index (χ0n) is 20.0. The van der Waals surface area contributed by atoms with Crippen LogP contribution in [0.2, 0.25) is 0 Å². The fourth-order valence-electron chi connectivity index (χ4n) is 4.48. The van der Waals surface area contributed by atoms with E-state index in [2.05, 4.69) is 22.1 Å². The Hall–Kier alpha value is -2.74. The average Bonchev–Trinajstić information content (AvgIpc) is 3.47. The van der Waals surface area contributed by atoms with Crippen LogP contribution < -0.4 is 5.32 Å². The minimum absolute atomic E-state index is 0.000980. The number of carbonyl (C=O) groups excluding carboxylic acids is 1. The van der Waals surface area contributed by atoms with Gasteiger partial charge in [0.1, 0.15) is 12.1 Å². The predicted molar refractivity (Wildman–Crippen MR) is 127 cm³/mol. The molecule has 1 fully saturated rings. The summed E-state index contributed by atoms with van der Waals surface area (Å²) in [5.74, 6) is -0.957. The molecule has 1 atom stereocenters. The second-order valence-corrected chi connectivity index (χ2v) is 9.03. The maximum atomic E-state index is 13.9. The number of carboxylic acids is 1. The van der Waals surface area contributed by atoms with Crippen molar-refractivity contribution in [2.75, 3.05) is 13.1 Å². The molecule has 8 heteroatoms. The number of benzene rings is 1. The standard InChI is InChI=1S/C26H36FN3O4/c1-2-3-4-5-6-7-14-28-25(33)22-18-34-26(29-22)23-9-8-15-30(23)17-20-16-21(27)12-10-19(20)11-13-24(31)32/h10,12,16,18,23H,2-9,11,13-15,17H2,1H3,(H,28,33)(H,31,32)/t23-/m1/s1. The van der Waals surface area contributed by atoms with E-state index >= 15 is 0 Å². The Morgan fingerprint density at radius 1 is 1.21 bits per heavy atom. The van der Waals surface area contributed by atoms with E-state index < -0.39 is 5.97 Å². The third-order valence-electron chi connectivity index (χ3n) is 6.37. The van der Waals surface area contributed by atoms with Crippen LogP contribution in [0.1, 0.15) is 98.3 Å². The molecular weight excluding hydrogens is 437 g/mol. The van der Waals surface area contributed by atoms with Gasteiger partial charge in [0, 0.05) is 19.5 Å². The Balaban J connectivity index is 1.56. The Morgan fingerprint density at radius 2 is 2.00 bits per heavy atom. The number of nitrogens with zero attached hydrogens (tertiary/aromatic N) is 2. The van der Waals surface area contributed by atoms with E-state index in [0.29, 0.717) is 25.4 Å². The Kier molecular flexibility index (Phi) is 10.1. The van der Waals surface area contributed by atoms with Crippen molar-refractivity contribution in [3.63, 3.8) is 0 Å². The first kappa shape index (κ1) is 25.9. The van der Waals surface area contributed by atoms with Gasteiger partial charge in [-0.3, -0.25) is 14.5 Å². The Bertz CT molecular complexity index is 946. The monoisotopic (exact) mass is 473 g/mol. The van der Waals surface area contributed by atoms with Crippen LogP contribution in [0.15, 0.2) is 28.9 Å². The minimum atomic E-state index is -0.878. The van der Waals surface area contributed by atoms with Crippen LogP contribution in [0.25, 0.3) is 0 Å². The van der Waals surface area contributed by atoms with Crippen LogP contribution >= 0.6 is 0 Å². The first-order chi connectivity index (χ1) is 16.5. The Labute approximate surface area is 200 Å². The number of rotatable bonds is 14.